The van der Waals surface area contributed by atoms with Crippen LogP contribution in [-0.4, -0.2) is 18.0 Å². The first kappa shape index (κ1) is 24.7. The van der Waals surface area contributed by atoms with Gasteiger partial charge < -0.3 is 19.2 Å². The van der Waals surface area contributed by atoms with Gasteiger partial charge in [0.15, 0.2) is 5.76 Å². The molecule has 0 aliphatic rings. The molecule has 4 rings (SSSR count). The summed E-state index contributed by atoms with van der Waals surface area (Å²) >= 11 is 0.807. The molecule has 0 atom stereocenters. The molecule has 4 aromatic rings. The van der Waals surface area contributed by atoms with Gasteiger partial charge >= 0.3 is 12.1 Å². The number of hydrogen-bond donors (Lipinski definition) is 2. The minimum absolute atomic E-state index is 0.158. The number of methoxy groups -OCH3 is 1. The minimum atomic E-state index is -4.66. The Morgan fingerprint density at radius 1 is 1.11 bits per heavy atom. The van der Waals surface area contributed by atoms with E-state index in [4.69, 9.17) is 9.15 Å². The lowest BCUT2D eigenvalue weighted by Gasteiger charge is -2.16. The maximum atomic E-state index is 13.5. The molecule has 1 heterocycles. The monoisotopic (exact) mass is 510 g/mol. The van der Waals surface area contributed by atoms with Crippen LogP contribution in [0.2, 0.25) is 0 Å². The van der Waals surface area contributed by atoms with E-state index in [1.165, 1.54) is 31.5 Å². The molecule has 1 aromatic heterocycles. The van der Waals surface area contributed by atoms with E-state index in [9.17, 15) is 23.2 Å². The van der Waals surface area contributed by atoms with Crippen LogP contribution in [0.25, 0.3) is 11.3 Å². The van der Waals surface area contributed by atoms with Gasteiger partial charge in [0.2, 0.25) is 0 Å². The fourth-order valence-corrected chi connectivity index (χ4v) is 4.10. The Kier molecular flexibility index (Phi) is 7.17. The van der Waals surface area contributed by atoms with Crippen molar-refractivity contribution in [1.82, 2.24) is 4.98 Å². The van der Waals surface area contributed by atoms with Gasteiger partial charge in [-0.15, -0.1) is 0 Å². The predicted molar refractivity (Wildman–Crippen MR) is 129 cm³/mol. The fourth-order valence-electron chi connectivity index (χ4n) is 3.23. The number of rotatable bonds is 7. The Hall–Kier alpha value is -4.43. The van der Waals surface area contributed by atoms with Crippen LogP contribution in [0.3, 0.4) is 0 Å². The number of aromatic nitrogens is 1. The van der Waals surface area contributed by atoms with Crippen LogP contribution in [-0.2, 0) is 6.18 Å². The summed E-state index contributed by atoms with van der Waals surface area (Å²) in [5, 5.41) is 11.9. The number of halogens is 3. The van der Waals surface area contributed by atoms with E-state index in [2.05, 4.69) is 15.0 Å². The van der Waals surface area contributed by atoms with E-state index in [1.807, 2.05) is 30.3 Å². The fraction of sp³-hybridized carbons (Fsp3) is 0.0800. The topological polar surface area (TPSA) is 100 Å². The average Bonchev–Trinajstić information content (AvgIpc) is 3.38. The number of benzene rings is 3. The SMILES string of the molecule is COc1ccc(NC(=O)c2ncc(-c3ccccc3)o2)cc1SNc1c(C#N)cccc1C(F)(F)F. The smallest absolute Gasteiger partial charge is 0.418 e. The zero-order valence-corrected chi connectivity index (χ0v) is 19.4. The second-order valence-electron chi connectivity index (χ2n) is 7.26. The van der Waals surface area contributed by atoms with Crippen LogP contribution in [0.5, 0.6) is 5.75 Å². The third-order valence-electron chi connectivity index (χ3n) is 4.93. The van der Waals surface area contributed by atoms with E-state index >= 15 is 0 Å². The van der Waals surface area contributed by atoms with Crippen molar-refractivity contribution in [1.29, 1.82) is 5.26 Å². The highest BCUT2D eigenvalue weighted by atomic mass is 32.2. The highest BCUT2D eigenvalue weighted by Gasteiger charge is 2.34. The third-order valence-corrected chi connectivity index (χ3v) is 5.78. The molecule has 7 nitrogen and oxygen atoms in total. The molecule has 0 aliphatic heterocycles. The summed E-state index contributed by atoms with van der Waals surface area (Å²) in [5.41, 5.74) is -0.431. The van der Waals surface area contributed by atoms with Crippen LogP contribution >= 0.6 is 11.9 Å². The van der Waals surface area contributed by atoms with E-state index in [0.29, 0.717) is 22.1 Å². The lowest BCUT2D eigenvalue weighted by molar-refractivity contribution is -0.136. The Morgan fingerprint density at radius 3 is 2.58 bits per heavy atom. The molecule has 0 fully saturated rings. The highest BCUT2D eigenvalue weighted by molar-refractivity contribution is 8.00. The third kappa shape index (κ3) is 5.45. The molecular formula is C25H17F3N4O3S. The zero-order chi connectivity index (χ0) is 25.7. The Bertz CT molecular complexity index is 1430. The zero-order valence-electron chi connectivity index (χ0n) is 18.6. The number of nitrogens with zero attached hydrogens (tertiary/aromatic N) is 2. The minimum Gasteiger partial charge on any atom is -0.496 e. The highest BCUT2D eigenvalue weighted by Crippen LogP contribution is 2.40. The van der Waals surface area contributed by atoms with Crippen LogP contribution < -0.4 is 14.8 Å². The number of anilines is 2. The second kappa shape index (κ2) is 10.5. The molecule has 182 valence electrons. The first-order valence-corrected chi connectivity index (χ1v) is 11.2. The molecule has 0 saturated heterocycles. The number of amides is 1. The number of alkyl halides is 3. The van der Waals surface area contributed by atoms with Crippen molar-refractivity contribution < 1.29 is 27.1 Å². The maximum Gasteiger partial charge on any atom is 0.418 e. The number of nitriles is 1. The summed E-state index contributed by atoms with van der Waals surface area (Å²) in [7, 11) is 1.40. The number of para-hydroxylation sites is 1. The van der Waals surface area contributed by atoms with Crippen molar-refractivity contribution >= 4 is 29.2 Å². The summed E-state index contributed by atoms with van der Waals surface area (Å²) in [5.74, 6) is -0.00116. The van der Waals surface area contributed by atoms with Gasteiger partial charge in [-0.25, -0.2) is 4.98 Å². The molecule has 0 radical (unpaired) electrons. The quantitative estimate of drug-likeness (QED) is 0.270. The van der Waals surface area contributed by atoms with Crippen LogP contribution in [0, 0.1) is 11.3 Å². The van der Waals surface area contributed by atoms with Gasteiger partial charge in [-0.3, -0.25) is 4.79 Å². The normalized spacial score (nSPS) is 11.0. The van der Waals surface area contributed by atoms with Crippen molar-refractivity contribution in [2.45, 2.75) is 11.1 Å². The van der Waals surface area contributed by atoms with Gasteiger partial charge in [0.05, 0.1) is 35.0 Å². The lowest BCUT2D eigenvalue weighted by atomic mass is 10.1. The Balaban J connectivity index is 1.54. The molecule has 3 aromatic carbocycles. The van der Waals surface area contributed by atoms with Gasteiger partial charge in [-0.05, 0) is 42.3 Å². The molecule has 1 amide bonds. The molecular weight excluding hydrogens is 493 g/mol. The summed E-state index contributed by atoms with van der Waals surface area (Å²) < 4.78 is 53.9. The number of nitrogens with one attached hydrogen (secondary N) is 2. The van der Waals surface area contributed by atoms with Crippen LogP contribution in [0.15, 0.2) is 82.2 Å². The summed E-state index contributed by atoms with van der Waals surface area (Å²) in [6, 6.07) is 18.9. The van der Waals surface area contributed by atoms with Crippen molar-refractivity contribution in [3.8, 4) is 23.1 Å². The average molecular weight is 510 g/mol. The van der Waals surface area contributed by atoms with E-state index in [-0.39, 0.29) is 17.1 Å². The largest absolute Gasteiger partial charge is 0.496 e. The van der Waals surface area contributed by atoms with Crippen LogP contribution in [0.4, 0.5) is 24.5 Å². The maximum absolute atomic E-state index is 13.5. The number of carbonyl (C=O) groups excluding carboxylic acids is 1. The number of ether oxygens (including phenoxy) is 1. The Morgan fingerprint density at radius 2 is 1.89 bits per heavy atom. The molecule has 11 heteroatoms. The van der Waals surface area contributed by atoms with E-state index < -0.39 is 17.6 Å². The van der Waals surface area contributed by atoms with Gasteiger partial charge in [0.25, 0.3) is 5.89 Å². The van der Waals surface area contributed by atoms with Crippen molar-refractivity contribution in [2.75, 3.05) is 17.1 Å². The van der Waals surface area contributed by atoms with Gasteiger partial charge in [0.1, 0.15) is 11.8 Å². The number of carbonyl (C=O) groups is 1. The standard InChI is InChI=1S/C25H17F3N4O3S/c1-34-19-11-10-17(31-23(33)24-30-14-20(35-24)15-6-3-2-4-7-15)12-21(19)36-32-22-16(13-29)8-5-9-18(22)25(26,27)28/h2-12,14,32H,1H3,(H,31,33). The molecule has 0 bridgehead atoms. The molecule has 0 aliphatic carbocycles. The van der Waals surface area contributed by atoms with Crippen molar-refractivity contribution in [2.24, 2.45) is 0 Å². The van der Waals surface area contributed by atoms with Crippen LogP contribution in [0.1, 0.15) is 21.8 Å². The van der Waals surface area contributed by atoms with Crippen molar-refractivity contribution in [3.05, 3.63) is 89.9 Å². The summed E-state index contributed by atoms with van der Waals surface area (Å²) in [6.45, 7) is 0. The van der Waals surface area contributed by atoms with Gasteiger partial charge in [-0.1, -0.05) is 36.4 Å². The first-order valence-electron chi connectivity index (χ1n) is 10.3. The second-order valence-corrected chi connectivity index (χ2v) is 8.11. The van der Waals surface area contributed by atoms with Gasteiger partial charge in [-0.2, -0.15) is 18.4 Å². The first-order chi connectivity index (χ1) is 17.3. The molecule has 0 unspecified atom stereocenters. The molecule has 0 spiro atoms. The number of oxazole rings is 1. The molecule has 2 N–H and O–H groups in total. The van der Waals surface area contributed by atoms with E-state index in [0.717, 1.165) is 23.6 Å². The summed E-state index contributed by atoms with van der Waals surface area (Å²) in [6.07, 6.45) is -3.22. The van der Waals surface area contributed by atoms with Gasteiger partial charge in [0, 0.05) is 11.3 Å². The van der Waals surface area contributed by atoms with Crippen molar-refractivity contribution in [3.63, 3.8) is 0 Å². The predicted octanol–water partition coefficient (Wildman–Crippen LogP) is 6.61. The molecule has 0 saturated carbocycles. The summed E-state index contributed by atoms with van der Waals surface area (Å²) in [4.78, 5) is 17.0. The molecule has 36 heavy (non-hydrogen) atoms. The Labute approximate surface area is 208 Å². The van der Waals surface area contributed by atoms with E-state index in [1.54, 1.807) is 18.2 Å². The number of hydrogen-bond acceptors (Lipinski definition) is 7. The lowest BCUT2D eigenvalue weighted by Crippen LogP contribution is -2.12.